The third-order valence-corrected chi connectivity index (χ3v) is 5.41. The van der Waals surface area contributed by atoms with Gasteiger partial charge >= 0.3 is 0 Å². The number of anilines is 1. The molecular weight excluding hydrogens is 356 g/mol. The highest BCUT2D eigenvalue weighted by atomic mass is 32.2. The van der Waals surface area contributed by atoms with Crippen molar-refractivity contribution in [2.45, 2.75) is 24.9 Å². The Morgan fingerprint density at radius 3 is 2.74 bits per heavy atom. The minimum Gasteiger partial charge on any atom is -0.326 e. The van der Waals surface area contributed by atoms with Crippen LogP contribution in [-0.4, -0.2) is 26.3 Å². The number of carbonyl (C=O) groups excluding carboxylic acids is 1. The van der Waals surface area contributed by atoms with E-state index >= 15 is 0 Å². The summed E-state index contributed by atoms with van der Waals surface area (Å²) in [7, 11) is 0. The van der Waals surface area contributed by atoms with Crippen LogP contribution in [0.1, 0.15) is 18.9 Å². The smallest absolute Gasteiger partial charge is 0.225 e. The van der Waals surface area contributed by atoms with Gasteiger partial charge in [-0.3, -0.25) is 9.20 Å². The van der Waals surface area contributed by atoms with Crippen LogP contribution < -0.4 is 5.32 Å². The number of hydrogen-bond donors (Lipinski definition) is 1. The lowest BCUT2D eigenvalue weighted by molar-refractivity contribution is -0.115. The monoisotopic (exact) mass is 376 g/mol. The van der Waals surface area contributed by atoms with Crippen molar-refractivity contribution in [2.75, 3.05) is 11.1 Å². The third-order valence-electron chi connectivity index (χ3n) is 4.48. The second kappa shape index (κ2) is 7.80. The van der Waals surface area contributed by atoms with Crippen LogP contribution in [0.15, 0.2) is 65.8 Å². The van der Waals surface area contributed by atoms with E-state index in [2.05, 4.69) is 34.6 Å². The average Bonchev–Trinajstić information content (AvgIpc) is 3.12. The Kier molecular flexibility index (Phi) is 5.07. The van der Waals surface area contributed by atoms with Crippen molar-refractivity contribution in [1.29, 1.82) is 0 Å². The Morgan fingerprint density at radius 2 is 1.85 bits per heavy atom. The van der Waals surface area contributed by atoms with E-state index < -0.39 is 0 Å². The molecule has 0 saturated heterocycles. The van der Waals surface area contributed by atoms with Crippen LogP contribution in [0.25, 0.3) is 16.6 Å². The molecule has 2 heterocycles. The van der Waals surface area contributed by atoms with E-state index in [1.54, 1.807) is 11.8 Å². The number of carbonyl (C=O) groups is 1. The van der Waals surface area contributed by atoms with Gasteiger partial charge in [-0.15, -0.1) is 10.2 Å². The standard InChI is InChI=1S/C21H20N4OS/c1-2-15-7-3-5-9-17(15)22-20(26)13-14-27-21-24-23-19-12-11-16-8-4-6-10-18(16)25(19)21/h3-12H,2,13-14H2,1H3,(H,22,26). The van der Waals surface area contributed by atoms with Gasteiger partial charge in [0.2, 0.25) is 5.91 Å². The van der Waals surface area contributed by atoms with Gasteiger partial charge < -0.3 is 5.32 Å². The van der Waals surface area contributed by atoms with Gasteiger partial charge in [0, 0.05) is 17.9 Å². The zero-order valence-corrected chi connectivity index (χ0v) is 15.9. The van der Waals surface area contributed by atoms with Crippen molar-refractivity contribution in [3.63, 3.8) is 0 Å². The molecule has 0 radical (unpaired) electrons. The van der Waals surface area contributed by atoms with Crippen LogP contribution in [-0.2, 0) is 11.2 Å². The summed E-state index contributed by atoms with van der Waals surface area (Å²) < 4.78 is 2.05. The number of para-hydroxylation sites is 2. The molecule has 2 aromatic carbocycles. The minimum atomic E-state index is 0.0158. The Labute approximate surface area is 161 Å². The maximum atomic E-state index is 12.3. The van der Waals surface area contributed by atoms with Gasteiger partial charge in [-0.05, 0) is 41.6 Å². The topological polar surface area (TPSA) is 59.3 Å². The Hall–Kier alpha value is -2.86. The summed E-state index contributed by atoms with van der Waals surface area (Å²) in [6.45, 7) is 2.08. The lowest BCUT2D eigenvalue weighted by atomic mass is 10.1. The molecule has 27 heavy (non-hydrogen) atoms. The minimum absolute atomic E-state index is 0.0158. The van der Waals surface area contributed by atoms with Crippen LogP contribution in [0.5, 0.6) is 0 Å². The predicted molar refractivity (Wildman–Crippen MR) is 110 cm³/mol. The van der Waals surface area contributed by atoms with E-state index in [0.29, 0.717) is 12.2 Å². The first-order chi connectivity index (χ1) is 13.3. The summed E-state index contributed by atoms with van der Waals surface area (Å²) in [5.74, 6) is 0.659. The second-order valence-electron chi connectivity index (χ2n) is 6.23. The van der Waals surface area contributed by atoms with Gasteiger partial charge in [-0.2, -0.15) is 0 Å². The van der Waals surface area contributed by atoms with Gasteiger partial charge in [-0.1, -0.05) is 55.1 Å². The lowest BCUT2D eigenvalue weighted by Gasteiger charge is -2.09. The molecule has 2 aromatic heterocycles. The molecule has 6 heteroatoms. The fraction of sp³-hybridized carbons (Fsp3) is 0.190. The van der Waals surface area contributed by atoms with Gasteiger partial charge in [0.25, 0.3) is 0 Å². The normalized spacial score (nSPS) is 11.1. The van der Waals surface area contributed by atoms with Gasteiger partial charge in [0.05, 0.1) is 5.52 Å². The first kappa shape index (κ1) is 17.5. The second-order valence-corrected chi connectivity index (χ2v) is 7.29. The summed E-state index contributed by atoms with van der Waals surface area (Å²) in [6, 6.07) is 20.1. The van der Waals surface area contributed by atoms with Gasteiger partial charge in [-0.25, -0.2) is 0 Å². The molecule has 0 unspecified atom stereocenters. The van der Waals surface area contributed by atoms with E-state index in [1.165, 1.54) is 0 Å². The first-order valence-electron chi connectivity index (χ1n) is 8.99. The number of hydrogen-bond acceptors (Lipinski definition) is 4. The van der Waals surface area contributed by atoms with Gasteiger partial charge in [0.15, 0.2) is 10.8 Å². The van der Waals surface area contributed by atoms with Crippen LogP contribution in [0.3, 0.4) is 0 Å². The zero-order valence-electron chi connectivity index (χ0n) is 15.1. The van der Waals surface area contributed by atoms with Crippen molar-refractivity contribution in [3.8, 4) is 0 Å². The van der Waals surface area contributed by atoms with Crippen LogP contribution >= 0.6 is 11.8 Å². The van der Waals surface area contributed by atoms with Crippen molar-refractivity contribution < 1.29 is 4.79 Å². The predicted octanol–water partition coefficient (Wildman–Crippen LogP) is 4.57. The number of nitrogens with zero attached hydrogens (tertiary/aromatic N) is 3. The summed E-state index contributed by atoms with van der Waals surface area (Å²) in [4.78, 5) is 12.3. The number of rotatable bonds is 6. The molecule has 136 valence electrons. The van der Waals surface area contributed by atoms with E-state index in [0.717, 1.165) is 39.4 Å². The molecule has 5 nitrogen and oxygen atoms in total. The number of benzene rings is 2. The maximum absolute atomic E-state index is 12.3. The summed E-state index contributed by atoms with van der Waals surface area (Å²) in [6.07, 6.45) is 1.31. The first-order valence-corrected chi connectivity index (χ1v) is 9.98. The number of pyridine rings is 1. The number of amides is 1. The molecule has 4 aromatic rings. The Bertz CT molecular complexity index is 1110. The SMILES string of the molecule is CCc1ccccc1NC(=O)CCSc1nnc2ccc3ccccc3n12. The largest absolute Gasteiger partial charge is 0.326 e. The third kappa shape index (κ3) is 3.66. The van der Waals surface area contributed by atoms with Crippen LogP contribution in [0, 0.1) is 0 Å². The number of aryl methyl sites for hydroxylation is 1. The summed E-state index contributed by atoms with van der Waals surface area (Å²) >= 11 is 1.55. The zero-order chi connectivity index (χ0) is 18.6. The molecule has 1 amide bonds. The molecule has 0 aliphatic carbocycles. The van der Waals surface area contributed by atoms with E-state index in [1.807, 2.05) is 52.9 Å². The summed E-state index contributed by atoms with van der Waals surface area (Å²) in [5, 5.41) is 13.5. The molecule has 0 aliphatic rings. The van der Waals surface area contributed by atoms with E-state index in [4.69, 9.17) is 0 Å². The molecular formula is C21H20N4OS. The Morgan fingerprint density at radius 1 is 1.04 bits per heavy atom. The molecule has 1 N–H and O–H groups in total. The van der Waals surface area contributed by atoms with Gasteiger partial charge in [0.1, 0.15) is 0 Å². The van der Waals surface area contributed by atoms with Crippen molar-refractivity contribution in [1.82, 2.24) is 14.6 Å². The molecule has 0 saturated carbocycles. The van der Waals surface area contributed by atoms with E-state index in [9.17, 15) is 4.79 Å². The molecule has 0 atom stereocenters. The number of fused-ring (bicyclic) bond motifs is 3. The molecule has 0 fully saturated rings. The molecule has 4 rings (SSSR count). The Balaban J connectivity index is 1.45. The fourth-order valence-electron chi connectivity index (χ4n) is 3.10. The molecule has 0 spiro atoms. The fourth-order valence-corrected chi connectivity index (χ4v) is 3.99. The number of nitrogens with one attached hydrogen (secondary N) is 1. The van der Waals surface area contributed by atoms with Crippen molar-refractivity contribution >= 4 is 39.9 Å². The lowest BCUT2D eigenvalue weighted by Crippen LogP contribution is -2.13. The quantitative estimate of drug-likeness (QED) is 0.501. The molecule has 0 bridgehead atoms. The van der Waals surface area contributed by atoms with Crippen LogP contribution in [0.4, 0.5) is 5.69 Å². The number of thioether (sulfide) groups is 1. The highest BCUT2D eigenvalue weighted by Gasteiger charge is 2.11. The van der Waals surface area contributed by atoms with E-state index in [-0.39, 0.29) is 5.91 Å². The molecule has 0 aliphatic heterocycles. The summed E-state index contributed by atoms with van der Waals surface area (Å²) in [5.41, 5.74) is 3.93. The average molecular weight is 376 g/mol. The van der Waals surface area contributed by atoms with Crippen LogP contribution in [0.2, 0.25) is 0 Å². The highest BCUT2D eigenvalue weighted by molar-refractivity contribution is 7.99. The van der Waals surface area contributed by atoms with Crippen molar-refractivity contribution in [3.05, 3.63) is 66.2 Å². The maximum Gasteiger partial charge on any atom is 0.225 e. The number of aromatic nitrogens is 3. The highest BCUT2D eigenvalue weighted by Crippen LogP contribution is 2.24. The van der Waals surface area contributed by atoms with Crippen molar-refractivity contribution in [2.24, 2.45) is 0 Å².